The second kappa shape index (κ2) is 7.89. The molecule has 0 spiro atoms. The van der Waals surface area contributed by atoms with Gasteiger partial charge in [0.2, 0.25) is 0 Å². The molecule has 22 heavy (non-hydrogen) atoms. The number of esters is 1. The van der Waals surface area contributed by atoms with Crippen molar-refractivity contribution in [2.24, 2.45) is 0 Å². The largest absolute Gasteiger partial charge is 0.465 e. The molecule has 1 aromatic heterocycles. The van der Waals surface area contributed by atoms with E-state index in [1.165, 1.54) is 7.11 Å². The van der Waals surface area contributed by atoms with Crippen molar-refractivity contribution in [3.05, 3.63) is 54.1 Å². The van der Waals surface area contributed by atoms with E-state index < -0.39 is 0 Å². The van der Waals surface area contributed by atoms with Crippen LogP contribution in [-0.4, -0.2) is 39.5 Å². The number of nitrogens with one attached hydrogen (secondary N) is 1. The number of aromatic amines is 1. The third-order valence-corrected chi connectivity index (χ3v) is 2.97. The van der Waals surface area contributed by atoms with Crippen molar-refractivity contribution in [1.29, 1.82) is 0 Å². The van der Waals surface area contributed by atoms with Crippen molar-refractivity contribution >= 4 is 17.0 Å². The number of hydrogen-bond acceptors (Lipinski definition) is 3. The number of H-pyrrole nitrogens is 1. The SMILES string of the molecule is COC(=O)c1ccc(-c2nc3ccccc3[nH]2)cc1.O.O.O. The number of carbonyl (C=O) groups is 1. The molecule has 0 atom stereocenters. The molecule has 7 nitrogen and oxygen atoms in total. The van der Waals surface area contributed by atoms with Crippen LogP contribution in [0.5, 0.6) is 0 Å². The van der Waals surface area contributed by atoms with Crippen molar-refractivity contribution in [2.75, 3.05) is 7.11 Å². The Labute approximate surface area is 126 Å². The molecule has 3 aromatic rings. The normalized spacial score (nSPS) is 9.14. The predicted molar refractivity (Wildman–Crippen MR) is 83.7 cm³/mol. The Morgan fingerprint density at radius 1 is 1.00 bits per heavy atom. The molecule has 118 valence electrons. The fourth-order valence-corrected chi connectivity index (χ4v) is 1.97. The van der Waals surface area contributed by atoms with Gasteiger partial charge in [0.05, 0.1) is 23.7 Å². The number of nitrogens with zero attached hydrogens (tertiary/aromatic N) is 1. The third kappa shape index (κ3) is 3.47. The maximum Gasteiger partial charge on any atom is 0.337 e. The molecule has 0 aliphatic heterocycles. The second-order valence-corrected chi connectivity index (χ2v) is 4.17. The maximum atomic E-state index is 11.4. The minimum absolute atomic E-state index is 0. The minimum atomic E-state index is -0.337. The standard InChI is InChI=1S/C15H12N2O2.3H2O/c1-19-15(18)11-8-6-10(7-9-11)14-16-12-4-2-3-5-13(12)17-14;;;/h2-9H,1H3,(H,16,17);3*1H2. The molecule has 0 fully saturated rings. The molecule has 0 unspecified atom stereocenters. The minimum Gasteiger partial charge on any atom is -0.465 e. The summed E-state index contributed by atoms with van der Waals surface area (Å²) in [4.78, 5) is 19.1. The zero-order valence-corrected chi connectivity index (χ0v) is 11.9. The van der Waals surface area contributed by atoms with Gasteiger partial charge in [0.15, 0.2) is 0 Å². The van der Waals surface area contributed by atoms with E-state index in [4.69, 9.17) is 0 Å². The molecule has 0 saturated carbocycles. The Hall–Kier alpha value is -2.74. The van der Waals surface area contributed by atoms with Crippen molar-refractivity contribution in [2.45, 2.75) is 0 Å². The highest BCUT2D eigenvalue weighted by atomic mass is 16.5. The van der Waals surface area contributed by atoms with E-state index in [0.717, 1.165) is 22.4 Å². The molecule has 0 saturated heterocycles. The van der Waals surface area contributed by atoms with Gasteiger partial charge in [0.1, 0.15) is 5.82 Å². The van der Waals surface area contributed by atoms with Crippen molar-refractivity contribution in [1.82, 2.24) is 9.97 Å². The number of ether oxygens (including phenoxy) is 1. The quantitative estimate of drug-likeness (QED) is 0.688. The average Bonchev–Trinajstić information content (AvgIpc) is 2.90. The topological polar surface area (TPSA) is 149 Å². The summed E-state index contributed by atoms with van der Waals surface area (Å²) in [5, 5.41) is 0. The van der Waals surface area contributed by atoms with Crippen LogP contribution in [0.25, 0.3) is 22.4 Å². The number of hydrogen-bond donors (Lipinski definition) is 1. The summed E-state index contributed by atoms with van der Waals surface area (Å²) in [6, 6.07) is 15.0. The van der Waals surface area contributed by atoms with Crippen LogP contribution in [-0.2, 0) is 4.74 Å². The lowest BCUT2D eigenvalue weighted by atomic mass is 10.1. The van der Waals surface area contributed by atoms with Gasteiger partial charge in [0.25, 0.3) is 0 Å². The van der Waals surface area contributed by atoms with Crippen LogP contribution in [0, 0.1) is 0 Å². The summed E-state index contributed by atoms with van der Waals surface area (Å²) >= 11 is 0. The van der Waals surface area contributed by atoms with Gasteiger partial charge in [0, 0.05) is 5.56 Å². The van der Waals surface area contributed by atoms with Crippen LogP contribution < -0.4 is 0 Å². The lowest BCUT2D eigenvalue weighted by molar-refractivity contribution is 0.0600. The molecule has 0 radical (unpaired) electrons. The number of aromatic nitrogens is 2. The van der Waals surface area contributed by atoms with Gasteiger partial charge in [-0.05, 0) is 24.3 Å². The van der Waals surface area contributed by atoms with Gasteiger partial charge in [-0.1, -0.05) is 24.3 Å². The number of para-hydroxylation sites is 2. The summed E-state index contributed by atoms with van der Waals surface area (Å²) in [5.74, 6) is 0.453. The van der Waals surface area contributed by atoms with Gasteiger partial charge in [-0.15, -0.1) is 0 Å². The highest BCUT2D eigenvalue weighted by Gasteiger charge is 2.07. The summed E-state index contributed by atoms with van der Waals surface area (Å²) in [5.41, 5.74) is 3.38. The smallest absolute Gasteiger partial charge is 0.337 e. The van der Waals surface area contributed by atoms with E-state index in [-0.39, 0.29) is 22.4 Å². The third-order valence-electron chi connectivity index (χ3n) is 2.97. The molecule has 7 N–H and O–H groups in total. The van der Waals surface area contributed by atoms with Crippen LogP contribution in [0.3, 0.4) is 0 Å². The van der Waals surface area contributed by atoms with E-state index >= 15 is 0 Å². The number of methoxy groups -OCH3 is 1. The molecule has 2 aromatic carbocycles. The molecule has 0 aliphatic rings. The van der Waals surface area contributed by atoms with Crippen molar-refractivity contribution < 1.29 is 26.0 Å². The van der Waals surface area contributed by atoms with E-state index in [1.807, 2.05) is 36.4 Å². The van der Waals surface area contributed by atoms with Crippen molar-refractivity contribution in [3.8, 4) is 11.4 Å². The molecule has 7 heteroatoms. The molecule has 0 aliphatic carbocycles. The molecular formula is C15H18N2O5. The summed E-state index contributed by atoms with van der Waals surface area (Å²) < 4.78 is 4.67. The Kier molecular flexibility index (Phi) is 6.91. The average molecular weight is 306 g/mol. The van der Waals surface area contributed by atoms with E-state index in [0.29, 0.717) is 5.56 Å². The van der Waals surface area contributed by atoms with Crippen LogP contribution in [0.2, 0.25) is 0 Å². The number of rotatable bonds is 2. The van der Waals surface area contributed by atoms with Gasteiger partial charge in [-0.2, -0.15) is 0 Å². The molecule has 0 bridgehead atoms. The Balaban J connectivity index is 0.00000147. The van der Waals surface area contributed by atoms with Gasteiger partial charge >= 0.3 is 5.97 Å². The monoisotopic (exact) mass is 306 g/mol. The summed E-state index contributed by atoms with van der Waals surface area (Å²) in [6.07, 6.45) is 0. The van der Waals surface area contributed by atoms with E-state index in [1.54, 1.807) is 12.1 Å². The van der Waals surface area contributed by atoms with Gasteiger partial charge in [-0.25, -0.2) is 9.78 Å². The van der Waals surface area contributed by atoms with Gasteiger partial charge in [-0.3, -0.25) is 0 Å². The van der Waals surface area contributed by atoms with Gasteiger partial charge < -0.3 is 26.1 Å². The maximum absolute atomic E-state index is 11.4. The number of fused-ring (bicyclic) bond motifs is 1. The highest BCUT2D eigenvalue weighted by Crippen LogP contribution is 2.20. The molecule has 0 amide bonds. The number of imidazole rings is 1. The first kappa shape index (κ1) is 19.3. The fraction of sp³-hybridized carbons (Fsp3) is 0.0667. The van der Waals surface area contributed by atoms with Crippen LogP contribution >= 0.6 is 0 Å². The fourth-order valence-electron chi connectivity index (χ4n) is 1.97. The Morgan fingerprint density at radius 2 is 1.64 bits per heavy atom. The highest BCUT2D eigenvalue weighted by molar-refractivity contribution is 5.90. The van der Waals surface area contributed by atoms with E-state index in [9.17, 15) is 4.79 Å². The lowest BCUT2D eigenvalue weighted by Crippen LogP contribution is -2.00. The Bertz CT molecular complexity index is 704. The molecular weight excluding hydrogens is 288 g/mol. The number of benzene rings is 2. The first-order valence-electron chi connectivity index (χ1n) is 5.91. The zero-order valence-electron chi connectivity index (χ0n) is 11.9. The zero-order chi connectivity index (χ0) is 13.2. The van der Waals surface area contributed by atoms with Crippen LogP contribution in [0.1, 0.15) is 10.4 Å². The van der Waals surface area contributed by atoms with E-state index in [2.05, 4.69) is 14.7 Å². The first-order chi connectivity index (χ1) is 9.28. The molecule has 1 heterocycles. The van der Waals surface area contributed by atoms with Crippen LogP contribution in [0.15, 0.2) is 48.5 Å². The lowest BCUT2D eigenvalue weighted by Gasteiger charge is -2.00. The first-order valence-corrected chi connectivity index (χ1v) is 5.91. The molecule has 3 rings (SSSR count). The predicted octanol–water partition coefficient (Wildman–Crippen LogP) is 0.542. The summed E-state index contributed by atoms with van der Waals surface area (Å²) in [6.45, 7) is 0. The second-order valence-electron chi connectivity index (χ2n) is 4.17. The summed E-state index contributed by atoms with van der Waals surface area (Å²) in [7, 11) is 1.37. The van der Waals surface area contributed by atoms with Crippen LogP contribution in [0.4, 0.5) is 0 Å². The number of carbonyl (C=O) groups excluding carboxylic acids is 1. The van der Waals surface area contributed by atoms with Crippen molar-refractivity contribution in [3.63, 3.8) is 0 Å². The Morgan fingerprint density at radius 3 is 2.23 bits per heavy atom.